The van der Waals surface area contributed by atoms with Gasteiger partial charge in [0.15, 0.2) is 0 Å². The lowest BCUT2D eigenvalue weighted by Crippen LogP contribution is -2.08. The molecule has 0 bridgehead atoms. The van der Waals surface area contributed by atoms with Crippen LogP contribution in [0.5, 0.6) is 11.8 Å². The minimum absolute atomic E-state index is 0.00859. The van der Waals surface area contributed by atoms with E-state index in [0.29, 0.717) is 10.8 Å². The largest absolute Gasteiger partial charge is 0.423 e. The minimum atomic E-state index is 0.00859. The molecule has 9 heteroatoms. The fourth-order valence-corrected chi connectivity index (χ4v) is 1.76. The smallest absolute Gasteiger partial charge is 0.328 e. The molecule has 0 unspecified atom stereocenters. The van der Waals surface area contributed by atoms with Crippen LogP contribution in [0.3, 0.4) is 0 Å². The van der Waals surface area contributed by atoms with E-state index in [1.165, 1.54) is 17.3 Å². The Morgan fingerprint density at radius 2 is 2.10 bits per heavy atom. The first-order valence-corrected chi connectivity index (χ1v) is 6.30. The molecule has 0 saturated heterocycles. The molecule has 1 aromatic carbocycles. The highest BCUT2D eigenvalue weighted by Gasteiger charge is 2.11. The molecule has 2 heterocycles. The SMILES string of the molecule is Cc1ccc(Cl)c(Oc2nc(N)nc(-n3cncn3)n2)c1. The molecule has 0 aliphatic carbocycles. The zero-order valence-corrected chi connectivity index (χ0v) is 11.7. The van der Waals surface area contributed by atoms with Gasteiger partial charge in [0.1, 0.15) is 18.4 Å². The van der Waals surface area contributed by atoms with Gasteiger partial charge in [0.2, 0.25) is 5.95 Å². The number of hydrogen-bond acceptors (Lipinski definition) is 7. The number of aromatic nitrogens is 6. The highest BCUT2D eigenvalue weighted by molar-refractivity contribution is 6.32. The van der Waals surface area contributed by atoms with Gasteiger partial charge in [-0.2, -0.15) is 24.7 Å². The number of benzene rings is 1. The fraction of sp³-hybridized carbons (Fsp3) is 0.0833. The Kier molecular flexibility index (Phi) is 3.36. The van der Waals surface area contributed by atoms with Crippen LogP contribution in [0.15, 0.2) is 30.9 Å². The standard InChI is InChI=1S/C12H10ClN7O/c1-7-2-3-8(13)9(4-7)21-12-18-10(14)17-11(19-12)20-6-15-5-16-20/h2-6H,1H3,(H2,14,17,18,19). The van der Waals surface area contributed by atoms with Crippen molar-refractivity contribution < 1.29 is 4.74 Å². The van der Waals surface area contributed by atoms with Crippen LogP contribution in [0.1, 0.15) is 5.56 Å². The van der Waals surface area contributed by atoms with Crippen LogP contribution in [0.4, 0.5) is 5.95 Å². The van der Waals surface area contributed by atoms with E-state index < -0.39 is 0 Å². The zero-order chi connectivity index (χ0) is 14.8. The number of nitrogens with zero attached hydrogens (tertiary/aromatic N) is 6. The second-order valence-corrected chi connectivity index (χ2v) is 4.56. The molecule has 0 atom stereocenters. The summed E-state index contributed by atoms with van der Waals surface area (Å²) < 4.78 is 6.92. The van der Waals surface area contributed by atoms with Crippen molar-refractivity contribution in [3.05, 3.63) is 41.4 Å². The molecule has 0 aliphatic heterocycles. The Bertz CT molecular complexity index is 775. The van der Waals surface area contributed by atoms with Crippen LogP contribution in [-0.2, 0) is 0 Å². The summed E-state index contributed by atoms with van der Waals surface area (Å²) in [5, 5.41) is 4.37. The third kappa shape index (κ3) is 2.90. The van der Waals surface area contributed by atoms with Crippen LogP contribution in [0, 0.1) is 6.92 Å². The Morgan fingerprint density at radius 1 is 1.24 bits per heavy atom. The summed E-state index contributed by atoms with van der Waals surface area (Å²) >= 11 is 6.07. The van der Waals surface area contributed by atoms with E-state index in [0.717, 1.165) is 5.56 Å². The highest BCUT2D eigenvalue weighted by atomic mass is 35.5. The molecule has 2 aromatic heterocycles. The number of rotatable bonds is 3. The van der Waals surface area contributed by atoms with Gasteiger partial charge in [-0.3, -0.25) is 0 Å². The average Bonchev–Trinajstić information content (AvgIpc) is 2.96. The van der Waals surface area contributed by atoms with Crippen LogP contribution in [-0.4, -0.2) is 29.7 Å². The van der Waals surface area contributed by atoms with Crippen molar-refractivity contribution in [3.8, 4) is 17.7 Å². The molecule has 0 radical (unpaired) electrons. The topological polar surface area (TPSA) is 105 Å². The van der Waals surface area contributed by atoms with Gasteiger partial charge in [-0.1, -0.05) is 17.7 Å². The third-order valence-electron chi connectivity index (χ3n) is 2.53. The summed E-state index contributed by atoms with van der Waals surface area (Å²) in [4.78, 5) is 15.8. The Morgan fingerprint density at radius 3 is 2.86 bits per heavy atom. The summed E-state index contributed by atoms with van der Waals surface area (Å²) in [5.74, 6) is 0.653. The maximum absolute atomic E-state index is 6.07. The van der Waals surface area contributed by atoms with E-state index in [2.05, 4.69) is 25.0 Å². The lowest BCUT2D eigenvalue weighted by atomic mass is 10.2. The Hall–Kier alpha value is -2.74. The molecular weight excluding hydrogens is 294 g/mol. The highest BCUT2D eigenvalue weighted by Crippen LogP contribution is 2.28. The molecule has 0 saturated carbocycles. The third-order valence-corrected chi connectivity index (χ3v) is 2.84. The van der Waals surface area contributed by atoms with E-state index in [1.807, 2.05) is 13.0 Å². The summed E-state index contributed by atoms with van der Waals surface area (Å²) in [6.07, 6.45) is 2.80. The predicted molar refractivity (Wildman–Crippen MR) is 75.4 cm³/mol. The van der Waals surface area contributed by atoms with Crippen molar-refractivity contribution in [1.82, 2.24) is 29.7 Å². The zero-order valence-electron chi connectivity index (χ0n) is 10.9. The summed E-state index contributed by atoms with van der Waals surface area (Å²) in [6, 6.07) is 5.41. The van der Waals surface area contributed by atoms with Crippen LogP contribution in [0.2, 0.25) is 5.02 Å². The van der Waals surface area contributed by atoms with Crippen molar-refractivity contribution in [3.63, 3.8) is 0 Å². The molecule has 0 aliphatic rings. The number of halogens is 1. The van der Waals surface area contributed by atoms with Gasteiger partial charge in [0, 0.05) is 0 Å². The monoisotopic (exact) mass is 303 g/mol. The molecule has 2 N–H and O–H groups in total. The molecule has 3 aromatic rings. The summed E-state index contributed by atoms with van der Waals surface area (Å²) in [5.41, 5.74) is 6.64. The van der Waals surface area contributed by atoms with Crippen LogP contribution in [0.25, 0.3) is 5.95 Å². The first-order chi connectivity index (χ1) is 10.1. The van der Waals surface area contributed by atoms with E-state index in [9.17, 15) is 0 Å². The van der Waals surface area contributed by atoms with Crippen molar-refractivity contribution >= 4 is 17.5 Å². The molecule has 3 rings (SSSR count). The Labute approximate surface area is 124 Å². The molecule has 21 heavy (non-hydrogen) atoms. The maximum Gasteiger partial charge on any atom is 0.328 e. The van der Waals surface area contributed by atoms with E-state index in [4.69, 9.17) is 22.1 Å². The van der Waals surface area contributed by atoms with Gasteiger partial charge in [-0.15, -0.1) is 0 Å². The van der Waals surface area contributed by atoms with Gasteiger partial charge in [-0.25, -0.2) is 4.98 Å². The lowest BCUT2D eigenvalue weighted by molar-refractivity contribution is 0.438. The van der Waals surface area contributed by atoms with Crippen molar-refractivity contribution in [2.75, 3.05) is 5.73 Å². The van der Waals surface area contributed by atoms with E-state index in [1.54, 1.807) is 12.1 Å². The maximum atomic E-state index is 6.07. The van der Waals surface area contributed by atoms with Crippen LogP contribution < -0.4 is 10.5 Å². The second kappa shape index (κ2) is 5.33. The Balaban J connectivity index is 1.97. The number of hydrogen-bond donors (Lipinski definition) is 1. The van der Waals surface area contributed by atoms with Crippen molar-refractivity contribution in [2.45, 2.75) is 6.92 Å². The summed E-state index contributed by atoms with van der Waals surface area (Å²) in [7, 11) is 0. The van der Waals surface area contributed by atoms with Gasteiger partial charge < -0.3 is 10.5 Å². The predicted octanol–water partition coefficient (Wildman–Crippen LogP) is 1.79. The average molecular weight is 304 g/mol. The fourth-order valence-electron chi connectivity index (χ4n) is 1.61. The second-order valence-electron chi connectivity index (χ2n) is 4.15. The molecular formula is C12H10ClN7O. The summed E-state index contributed by atoms with van der Waals surface area (Å²) in [6.45, 7) is 1.92. The van der Waals surface area contributed by atoms with Gasteiger partial charge in [0.05, 0.1) is 5.02 Å². The van der Waals surface area contributed by atoms with E-state index in [-0.39, 0.29) is 17.9 Å². The van der Waals surface area contributed by atoms with Gasteiger partial charge >= 0.3 is 6.01 Å². The normalized spacial score (nSPS) is 10.6. The van der Waals surface area contributed by atoms with Crippen molar-refractivity contribution in [1.29, 1.82) is 0 Å². The lowest BCUT2D eigenvalue weighted by Gasteiger charge is -2.08. The van der Waals surface area contributed by atoms with Gasteiger partial charge in [-0.05, 0) is 24.6 Å². The first kappa shape index (κ1) is 13.3. The minimum Gasteiger partial charge on any atom is -0.423 e. The molecule has 0 amide bonds. The first-order valence-electron chi connectivity index (χ1n) is 5.92. The number of anilines is 1. The van der Waals surface area contributed by atoms with E-state index >= 15 is 0 Å². The molecule has 8 nitrogen and oxygen atoms in total. The number of aryl methyl sites for hydroxylation is 1. The number of nitrogen functional groups attached to an aromatic ring is 1. The van der Waals surface area contributed by atoms with Crippen LogP contribution >= 0.6 is 11.6 Å². The number of nitrogens with two attached hydrogens (primary N) is 1. The van der Waals surface area contributed by atoms with Gasteiger partial charge in [0.25, 0.3) is 5.95 Å². The molecule has 0 spiro atoms. The number of ether oxygens (including phenoxy) is 1. The molecule has 106 valence electrons. The molecule has 0 fully saturated rings. The quantitative estimate of drug-likeness (QED) is 0.786. The van der Waals surface area contributed by atoms with Crippen molar-refractivity contribution in [2.24, 2.45) is 0 Å².